The molecule has 6 heteroatoms. The summed E-state index contributed by atoms with van der Waals surface area (Å²) in [4.78, 5) is 11.4. The van der Waals surface area contributed by atoms with Crippen LogP contribution in [0, 0.1) is 0 Å². The molecule has 0 radical (unpaired) electrons. The van der Waals surface area contributed by atoms with Crippen molar-refractivity contribution < 1.29 is 13.2 Å². The van der Waals surface area contributed by atoms with Gasteiger partial charge < -0.3 is 5.32 Å². The zero-order valence-electron chi connectivity index (χ0n) is 8.94. The Kier molecular flexibility index (Phi) is 2.38. The zero-order valence-corrected chi connectivity index (χ0v) is 9.76. The molecule has 1 unspecified atom stereocenters. The fraction of sp³-hybridized carbons (Fsp3) is 0.300. The average Bonchev–Trinajstić information content (AvgIpc) is 2.42. The van der Waals surface area contributed by atoms with E-state index >= 15 is 0 Å². The van der Waals surface area contributed by atoms with Gasteiger partial charge in [-0.2, -0.15) is 0 Å². The first kappa shape index (κ1) is 10.9. The van der Waals surface area contributed by atoms with Crippen molar-refractivity contribution in [1.82, 2.24) is 0 Å². The normalized spacial score (nSPS) is 19.1. The number of carbonyl (C=O) groups excluding carboxylic acids is 1. The average molecular weight is 240 g/mol. The molecule has 0 aromatic heterocycles. The van der Waals surface area contributed by atoms with Gasteiger partial charge >= 0.3 is 0 Å². The molecular weight excluding hydrogens is 228 g/mol. The van der Waals surface area contributed by atoms with Crippen LogP contribution < -0.4 is 10.0 Å². The number of anilines is 2. The highest BCUT2D eigenvalue weighted by molar-refractivity contribution is 7.92. The molecule has 1 heterocycles. The van der Waals surface area contributed by atoms with Crippen LogP contribution in [0.3, 0.4) is 0 Å². The lowest BCUT2D eigenvalue weighted by Crippen LogP contribution is -2.09. The summed E-state index contributed by atoms with van der Waals surface area (Å²) in [5.74, 6) is -0.303. The second-order valence-electron chi connectivity index (χ2n) is 3.89. The van der Waals surface area contributed by atoms with Gasteiger partial charge in [0.2, 0.25) is 15.9 Å². The van der Waals surface area contributed by atoms with Gasteiger partial charge in [0, 0.05) is 11.4 Å². The van der Waals surface area contributed by atoms with E-state index < -0.39 is 10.0 Å². The Labute approximate surface area is 93.9 Å². The lowest BCUT2D eigenvalue weighted by Gasteiger charge is -2.06. The molecule has 2 rings (SSSR count). The number of amides is 1. The third-order valence-corrected chi connectivity index (χ3v) is 3.08. The van der Waals surface area contributed by atoms with Gasteiger partial charge in [-0.25, -0.2) is 8.42 Å². The maximum absolute atomic E-state index is 11.4. The summed E-state index contributed by atoms with van der Waals surface area (Å²) < 4.78 is 24.5. The highest BCUT2D eigenvalue weighted by Crippen LogP contribution is 2.34. The van der Waals surface area contributed by atoms with Gasteiger partial charge in [-0.15, -0.1) is 0 Å². The maximum Gasteiger partial charge on any atom is 0.231 e. The molecule has 2 N–H and O–H groups in total. The van der Waals surface area contributed by atoms with Crippen molar-refractivity contribution in [1.29, 1.82) is 0 Å². The van der Waals surface area contributed by atoms with Crippen molar-refractivity contribution in [2.45, 2.75) is 12.8 Å². The van der Waals surface area contributed by atoms with Crippen LogP contribution in [0.15, 0.2) is 18.2 Å². The van der Waals surface area contributed by atoms with E-state index in [2.05, 4.69) is 10.0 Å². The first-order valence-corrected chi connectivity index (χ1v) is 6.68. The first-order chi connectivity index (χ1) is 7.37. The van der Waals surface area contributed by atoms with Crippen LogP contribution >= 0.6 is 0 Å². The van der Waals surface area contributed by atoms with Gasteiger partial charge in [0.15, 0.2) is 0 Å². The van der Waals surface area contributed by atoms with Crippen molar-refractivity contribution in [2.75, 3.05) is 16.3 Å². The van der Waals surface area contributed by atoms with E-state index in [-0.39, 0.29) is 11.8 Å². The molecule has 0 fully saturated rings. The Balaban J connectivity index is 2.38. The quantitative estimate of drug-likeness (QED) is 0.813. The summed E-state index contributed by atoms with van der Waals surface area (Å²) in [6, 6.07) is 5.00. The third-order valence-electron chi connectivity index (χ3n) is 2.47. The molecule has 1 aliphatic rings. The Hall–Kier alpha value is -1.56. The Morgan fingerprint density at radius 3 is 2.69 bits per heavy atom. The molecule has 1 amide bonds. The number of benzene rings is 1. The van der Waals surface area contributed by atoms with Crippen LogP contribution in [0.5, 0.6) is 0 Å². The van der Waals surface area contributed by atoms with Crippen LogP contribution in [-0.2, 0) is 14.8 Å². The van der Waals surface area contributed by atoms with Crippen molar-refractivity contribution >= 4 is 27.3 Å². The summed E-state index contributed by atoms with van der Waals surface area (Å²) in [7, 11) is -3.28. The molecule has 0 aliphatic carbocycles. The van der Waals surface area contributed by atoms with E-state index in [1.54, 1.807) is 25.1 Å². The van der Waals surface area contributed by atoms with Crippen LogP contribution in [-0.4, -0.2) is 20.6 Å². The molecule has 1 aromatic rings. The predicted molar refractivity (Wildman–Crippen MR) is 62.0 cm³/mol. The number of hydrogen-bond donors (Lipinski definition) is 2. The molecule has 0 bridgehead atoms. The lowest BCUT2D eigenvalue weighted by atomic mass is 10.0. The van der Waals surface area contributed by atoms with Gasteiger partial charge in [0.05, 0.1) is 12.2 Å². The first-order valence-electron chi connectivity index (χ1n) is 4.79. The molecule has 0 saturated carbocycles. The van der Waals surface area contributed by atoms with Crippen LogP contribution in [0.4, 0.5) is 11.4 Å². The van der Waals surface area contributed by atoms with E-state index in [1.807, 2.05) is 0 Å². The van der Waals surface area contributed by atoms with Crippen molar-refractivity contribution in [3.05, 3.63) is 23.8 Å². The summed E-state index contributed by atoms with van der Waals surface area (Å²) in [6.07, 6.45) is 1.09. The van der Waals surface area contributed by atoms with Crippen LogP contribution in [0.25, 0.3) is 0 Å². The Bertz CT molecular complexity index is 551. The SMILES string of the molecule is CC1C(=O)Nc2ccc(NS(C)(=O)=O)cc21. The van der Waals surface area contributed by atoms with Gasteiger partial charge in [0.25, 0.3) is 0 Å². The molecule has 1 atom stereocenters. The predicted octanol–water partition coefficient (Wildman–Crippen LogP) is 1.11. The van der Waals surface area contributed by atoms with E-state index in [0.717, 1.165) is 17.5 Å². The third kappa shape index (κ3) is 2.01. The van der Waals surface area contributed by atoms with Gasteiger partial charge in [-0.1, -0.05) is 0 Å². The Morgan fingerprint density at radius 2 is 2.06 bits per heavy atom. The second-order valence-corrected chi connectivity index (χ2v) is 5.64. The summed E-state index contributed by atoms with van der Waals surface area (Å²) >= 11 is 0. The summed E-state index contributed by atoms with van der Waals surface area (Å²) in [6.45, 7) is 1.78. The number of sulfonamides is 1. The minimum absolute atomic E-state index is 0.0634. The number of rotatable bonds is 2. The van der Waals surface area contributed by atoms with Gasteiger partial charge in [0.1, 0.15) is 0 Å². The molecule has 1 aromatic carbocycles. The molecule has 16 heavy (non-hydrogen) atoms. The van der Waals surface area contributed by atoms with Gasteiger partial charge in [-0.05, 0) is 30.7 Å². The number of fused-ring (bicyclic) bond motifs is 1. The smallest absolute Gasteiger partial charge is 0.231 e. The highest BCUT2D eigenvalue weighted by Gasteiger charge is 2.26. The highest BCUT2D eigenvalue weighted by atomic mass is 32.2. The topological polar surface area (TPSA) is 75.3 Å². The largest absolute Gasteiger partial charge is 0.325 e. The van der Waals surface area contributed by atoms with Crippen LogP contribution in [0.1, 0.15) is 18.4 Å². The zero-order chi connectivity index (χ0) is 11.9. The van der Waals surface area contributed by atoms with E-state index in [1.165, 1.54) is 0 Å². The van der Waals surface area contributed by atoms with Gasteiger partial charge in [-0.3, -0.25) is 9.52 Å². The summed E-state index contributed by atoms with van der Waals surface area (Å²) in [5.41, 5.74) is 2.04. The molecular formula is C10H12N2O3S. The van der Waals surface area contributed by atoms with Crippen molar-refractivity contribution in [3.8, 4) is 0 Å². The number of carbonyl (C=O) groups is 1. The van der Waals surface area contributed by atoms with Crippen LogP contribution in [0.2, 0.25) is 0 Å². The standard InChI is InChI=1S/C10H12N2O3S/c1-6-8-5-7(12-16(2,14)15)3-4-9(8)11-10(6)13/h3-6,12H,1-2H3,(H,11,13). The van der Waals surface area contributed by atoms with E-state index in [0.29, 0.717) is 5.69 Å². The maximum atomic E-state index is 11.4. The summed E-state index contributed by atoms with van der Waals surface area (Å²) in [5, 5.41) is 2.72. The lowest BCUT2D eigenvalue weighted by molar-refractivity contribution is -0.116. The Morgan fingerprint density at radius 1 is 1.38 bits per heavy atom. The fourth-order valence-electron chi connectivity index (χ4n) is 1.69. The molecule has 0 saturated heterocycles. The van der Waals surface area contributed by atoms with Crippen molar-refractivity contribution in [3.63, 3.8) is 0 Å². The number of nitrogens with one attached hydrogen (secondary N) is 2. The molecule has 1 aliphatic heterocycles. The fourth-order valence-corrected chi connectivity index (χ4v) is 2.25. The molecule has 5 nitrogen and oxygen atoms in total. The second kappa shape index (κ2) is 3.48. The molecule has 0 spiro atoms. The molecule has 86 valence electrons. The number of hydrogen-bond acceptors (Lipinski definition) is 3. The minimum Gasteiger partial charge on any atom is -0.325 e. The van der Waals surface area contributed by atoms with Crippen molar-refractivity contribution in [2.24, 2.45) is 0 Å². The monoisotopic (exact) mass is 240 g/mol. The minimum atomic E-state index is -3.28. The van der Waals surface area contributed by atoms with E-state index in [4.69, 9.17) is 0 Å². The van der Waals surface area contributed by atoms with E-state index in [9.17, 15) is 13.2 Å².